The maximum Gasteiger partial charge on any atom is 0.341 e. The minimum absolute atomic E-state index is 0.324. The van der Waals surface area contributed by atoms with Gasteiger partial charge in [0.1, 0.15) is 0 Å². The Kier molecular flexibility index (Phi) is 10.4. The van der Waals surface area contributed by atoms with Gasteiger partial charge in [-0.3, -0.25) is 0 Å². The molecule has 3 nitrogen and oxygen atoms in total. The summed E-state index contributed by atoms with van der Waals surface area (Å²) >= 11 is 17.1. The quantitative estimate of drug-likeness (QED) is 0.214. The summed E-state index contributed by atoms with van der Waals surface area (Å²) in [5.41, 5.74) is 0. The number of halogens is 3. The second kappa shape index (κ2) is 10.2. The SMILES string of the molecule is CC=CC(=O)OCCCOCCC[Si](Cl)(Cl)Cl. The van der Waals surface area contributed by atoms with E-state index in [9.17, 15) is 4.79 Å². The lowest BCUT2D eigenvalue weighted by atomic mass is 10.4. The van der Waals surface area contributed by atoms with Gasteiger partial charge < -0.3 is 9.47 Å². The van der Waals surface area contributed by atoms with Gasteiger partial charge in [-0.15, -0.1) is 33.2 Å². The molecule has 0 aromatic carbocycles. The number of allylic oxidation sites excluding steroid dienone is 1. The van der Waals surface area contributed by atoms with Gasteiger partial charge in [-0.25, -0.2) is 4.79 Å². The molecule has 0 N–H and O–H groups in total. The van der Waals surface area contributed by atoms with Crippen LogP contribution in [0.1, 0.15) is 19.8 Å². The monoisotopic (exact) mass is 318 g/mol. The lowest BCUT2D eigenvalue weighted by Gasteiger charge is -2.07. The van der Waals surface area contributed by atoms with Gasteiger partial charge in [-0.1, -0.05) is 6.08 Å². The van der Waals surface area contributed by atoms with E-state index in [1.807, 2.05) is 0 Å². The van der Waals surface area contributed by atoms with Gasteiger partial charge in [0.05, 0.1) is 6.61 Å². The van der Waals surface area contributed by atoms with Crippen LogP contribution < -0.4 is 0 Å². The van der Waals surface area contributed by atoms with E-state index in [2.05, 4.69) is 0 Å². The van der Waals surface area contributed by atoms with Crippen LogP contribution in [0.25, 0.3) is 0 Å². The van der Waals surface area contributed by atoms with E-state index in [-0.39, 0.29) is 5.97 Å². The van der Waals surface area contributed by atoms with Crippen LogP contribution in [-0.2, 0) is 14.3 Å². The van der Waals surface area contributed by atoms with Gasteiger partial charge in [0.2, 0.25) is 0 Å². The standard InChI is InChI=1S/C10H17Cl3O3Si/c1-2-5-10(14)16-8-3-6-15-7-4-9-17(11,12)13/h2,5H,3-4,6-9H2,1H3. The maximum absolute atomic E-state index is 10.9. The van der Waals surface area contributed by atoms with Crippen LogP contribution in [0, 0.1) is 0 Å². The fourth-order valence-corrected chi connectivity index (χ4v) is 2.74. The van der Waals surface area contributed by atoms with Crippen molar-refractivity contribution in [2.24, 2.45) is 0 Å². The molecule has 0 aromatic rings. The summed E-state index contributed by atoms with van der Waals surface area (Å²) in [6.45, 7) is 3.25. The Bertz CT molecular complexity index is 241. The van der Waals surface area contributed by atoms with Gasteiger partial charge >= 0.3 is 12.0 Å². The van der Waals surface area contributed by atoms with Gasteiger partial charge in [0.25, 0.3) is 0 Å². The minimum atomic E-state index is -2.50. The molecule has 0 aliphatic carbocycles. The normalized spacial score (nSPS) is 12.0. The van der Waals surface area contributed by atoms with Gasteiger partial charge in [-0.2, -0.15) is 0 Å². The zero-order valence-electron chi connectivity index (χ0n) is 9.76. The van der Waals surface area contributed by atoms with Gasteiger partial charge in [-0.05, 0) is 19.4 Å². The Morgan fingerprint density at radius 1 is 1.18 bits per heavy atom. The van der Waals surface area contributed by atoms with Crippen molar-refractivity contribution in [3.63, 3.8) is 0 Å². The van der Waals surface area contributed by atoms with E-state index in [4.69, 9.17) is 42.7 Å². The molecule has 0 rings (SSSR count). The molecule has 17 heavy (non-hydrogen) atoms. The van der Waals surface area contributed by atoms with E-state index in [1.54, 1.807) is 13.0 Å². The zero-order valence-corrected chi connectivity index (χ0v) is 13.0. The van der Waals surface area contributed by atoms with Crippen molar-refractivity contribution in [1.82, 2.24) is 0 Å². The molecule has 0 saturated carbocycles. The first-order valence-electron chi connectivity index (χ1n) is 5.39. The molecule has 0 radical (unpaired) electrons. The lowest BCUT2D eigenvalue weighted by Crippen LogP contribution is -2.11. The van der Waals surface area contributed by atoms with Crippen molar-refractivity contribution >= 4 is 45.2 Å². The zero-order chi connectivity index (χ0) is 13.1. The molecule has 7 heteroatoms. The number of hydrogen-bond donors (Lipinski definition) is 0. The van der Waals surface area contributed by atoms with E-state index in [0.29, 0.717) is 32.3 Å². The topological polar surface area (TPSA) is 35.5 Å². The number of rotatable bonds is 9. The molecule has 0 atom stereocenters. The smallest absolute Gasteiger partial charge is 0.341 e. The molecule has 0 spiro atoms. The highest BCUT2D eigenvalue weighted by atomic mass is 35.8. The Morgan fingerprint density at radius 3 is 2.41 bits per heavy atom. The van der Waals surface area contributed by atoms with Crippen molar-refractivity contribution in [3.8, 4) is 0 Å². The number of ether oxygens (including phenoxy) is 2. The van der Waals surface area contributed by atoms with Crippen molar-refractivity contribution in [3.05, 3.63) is 12.2 Å². The average molecular weight is 320 g/mol. The molecule has 0 aliphatic heterocycles. The molecule has 0 bridgehead atoms. The molecule has 0 aromatic heterocycles. The van der Waals surface area contributed by atoms with Crippen LogP contribution in [0.4, 0.5) is 0 Å². The first kappa shape index (κ1) is 17.3. The highest BCUT2D eigenvalue weighted by molar-refractivity contribution is 7.64. The van der Waals surface area contributed by atoms with Crippen molar-refractivity contribution < 1.29 is 14.3 Å². The highest BCUT2D eigenvalue weighted by Gasteiger charge is 2.23. The van der Waals surface area contributed by atoms with Crippen molar-refractivity contribution in [1.29, 1.82) is 0 Å². The van der Waals surface area contributed by atoms with E-state index < -0.39 is 6.00 Å². The van der Waals surface area contributed by atoms with Crippen LogP contribution in [0.2, 0.25) is 6.04 Å². The first-order valence-corrected chi connectivity index (χ1v) is 10.6. The van der Waals surface area contributed by atoms with Crippen LogP contribution in [0.15, 0.2) is 12.2 Å². The van der Waals surface area contributed by atoms with Crippen LogP contribution in [0.5, 0.6) is 0 Å². The first-order chi connectivity index (χ1) is 7.95. The largest absolute Gasteiger partial charge is 0.462 e. The Hall–Kier alpha value is 0.257. The minimum Gasteiger partial charge on any atom is -0.462 e. The Balaban J connectivity index is 3.22. The third kappa shape index (κ3) is 14.2. The summed E-state index contributed by atoms with van der Waals surface area (Å²) in [6, 6.07) is -1.89. The molecular weight excluding hydrogens is 303 g/mol. The molecule has 0 aliphatic rings. The number of carbonyl (C=O) groups excluding carboxylic acids is 1. The Morgan fingerprint density at radius 2 is 1.82 bits per heavy atom. The summed E-state index contributed by atoms with van der Waals surface area (Å²) in [7, 11) is 0. The molecule has 0 amide bonds. The van der Waals surface area contributed by atoms with E-state index >= 15 is 0 Å². The van der Waals surface area contributed by atoms with E-state index in [0.717, 1.165) is 6.42 Å². The molecule has 100 valence electrons. The fraction of sp³-hybridized carbons (Fsp3) is 0.700. The summed E-state index contributed by atoms with van der Waals surface area (Å²) in [5.74, 6) is -0.324. The van der Waals surface area contributed by atoms with Crippen LogP contribution >= 0.6 is 33.2 Å². The highest BCUT2D eigenvalue weighted by Crippen LogP contribution is 2.26. The third-order valence-electron chi connectivity index (χ3n) is 1.73. The molecular formula is C10H17Cl3O3Si. The maximum atomic E-state index is 10.9. The van der Waals surface area contributed by atoms with Crippen molar-refractivity contribution in [2.45, 2.75) is 25.8 Å². The summed E-state index contributed by atoms with van der Waals surface area (Å²) in [4.78, 5) is 10.9. The molecule has 0 unspecified atom stereocenters. The predicted octanol–water partition coefficient (Wildman–Crippen LogP) is 3.56. The van der Waals surface area contributed by atoms with Crippen molar-refractivity contribution in [2.75, 3.05) is 19.8 Å². The summed E-state index contributed by atoms with van der Waals surface area (Å²) in [6.07, 6.45) is 4.45. The third-order valence-corrected chi connectivity index (χ3v) is 4.35. The molecule has 0 fully saturated rings. The number of esters is 1. The second-order valence-electron chi connectivity index (χ2n) is 3.35. The number of carbonyl (C=O) groups is 1. The Labute approximate surface area is 117 Å². The van der Waals surface area contributed by atoms with Crippen LogP contribution in [0.3, 0.4) is 0 Å². The molecule has 0 saturated heterocycles. The average Bonchev–Trinajstić information content (AvgIpc) is 2.21. The number of hydrogen-bond acceptors (Lipinski definition) is 3. The van der Waals surface area contributed by atoms with E-state index in [1.165, 1.54) is 6.08 Å². The summed E-state index contributed by atoms with van der Waals surface area (Å²) < 4.78 is 10.2. The van der Waals surface area contributed by atoms with Gasteiger partial charge in [0, 0.05) is 25.7 Å². The fourth-order valence-electron chi connectivity index (χ4n) is 0.995. The summed E-state index contributed by atoms with van der Waals surface area (Å²) in [5, 5.41) is 0. The second-order valence-corrected chi connectivity index (χ2v) is 12.6. The van der Waals surface area contributed by atoms with Gasteiger partial charge in [0.15, 0.2) is 0 Å². The molecule has 0 heterocycles. The lowest BCUT2D eigenvalue weighted by molar-refractivity contribution is -0.138. The van der Waals surface area contributed by atoms with Crippen LogP contribution in [-0.4, -0.2) is 31.8 Å². The predicted molar refractivity (Wildman–Crippen MR) is 73.9 cm³/mol.